The van der Waals surface area contributed by atoms with E-state index in [1.165, 1.54) is 12.1 Å². The highest BCUT2D eigenvalue weighted by Gasteiger charge is 2.04. The van der Waals surface area contributed by atoms with Crippen LogP contribution in [0.25, 0.3) is 0 Å². The number of benzene rings is 2. The van der Waals surface area contributed by atoms with E-state index in [9.17, 15) is 10.1 Å². The van der Waals surface area contributed by atoms with Gasteiger partial charge in [0.05, 0.1) is 10.6 Å². The molecular formula is C16H16N2O5. The largest absolute Gasteiger partial charge is 0.490 e. The first-order valence-electron chi connectivity index (χ1n) is 6.89. The maximum atomic E-state index is 10.5. The van der Waals surface area contributed by atoms with Crippen molar-refractivity contribution in [1.82, 2.24) is 0 Å². The summed E-state index contributed by atoms with van der Waals surface area (Å²) in [5, 5.41) is 22.4. The maximum absolute atomic E-state index is 10.5. The van der Waals surface area contributed by atoms with Gasteiger partial charge in [-0.2, -0.15) is 0 Å². The molecule has 2 rings (SSSR count). The maximum Gasteiger partial charge on any atom is 0.269 e. The predicted octanol–water partition coefficient (Wildman–Crippen LogP) is 3.25. The molecule has 0 radical (unpaired) electrons. The molecule has 2 aromatic carbocycles. The van der Waals surface area contributed by atoms with E-state index in [4.69, 9.17) is 14.7 Å². The van der Waals surface area contributed by atoms with Gasteiger partial charge in [0, 0.05) is 12.1 Å². The van der Waals surface area contributed by atoms with Crippen molar-refractivity contribution in [3.05, 3.63) is 64.2 Å². The molecule has 0 aromatic heterocycles. The number of oxime groups is 1. The molecule has 120 valence electrons. The van der Waals surface area contributed by atoms with Gasteiger partial charge in [-0.3, -0.25) is 10.1 Å². The van der Waals surface area contributed by atoms with Crippen LogP contribution in [0.1, 0.15) is 12.5 Å². The Hall–Kier alpha value is -3.09. The smallest absolute Gasteiger partial charge is 0.269 e. The molecule has 0 unspecified atom stereocenters. The van der Waals surface area contributed by atoms with Gasteiger partial charge in [-0.25, -0.2) is 0 Å². The van der Waals surface area contributed by atoms with E-state index in [0.717, 1.165) is 5.56 Å². The summed E-state index contributed by atoms with van der Waals surface area (Å²) in [7, 11) is 0. The number of hydrogen-bond acceptors (Lipinski definition) is 6. The van der Waals surface area contributed by atoms with Crippen molar-refractivity contribution in [2.75, 3.05) is 13.2 Å². The molecule has 0 aliphatic rings. The van der Waals surface area contributed by atoms with E-state index in [2.05, 4.69) is 5.16 Å². The summed E-state index contributed by atoms with van der Waals surface area (Å²) in [6, 6.07) is 13.0. The quantitative estimate of drug-likeness (QED) is 0.278. The van der Waals surface area contributed by atoms with Crippen molar-refractivity contribution in [2.24, 2.45) is 5.16 Å². The third-order valence-corrected chi connectivity index (χ3v) is 3.09. The Labute approximate surface area is 132 Å². The molecule has 0 heterocycles. The first kappa shape index (κ1) is 16.3. The highest BCUT2D eigenvalue weighted by atomic mass is 16.6. The third-order valence-electron chi connectivity index (χ3n) is 3.09. The van der Waals surface area contributed by atoms with Crippen molar-refractivity contribution >= 4 is 11.4 Å². The lowest BCUT2D eigenvalue weighted by Gasteiger charge is -2.08. The van der Waals surface area contributed by atoms with Crippen LogP contribution in [0.15, 0.2) is 53.7 Å². The fraction of sp³-hybridized carbons (Fsp3) is 0.188. The molecule has 1 N–H and O–H groups in total. The number of nitro benzene ring substituents is 1. The molecule has 7 heteroatoms. The van der Waals surface area contributed by atoms with Crippen LogP contribution in [-0.4, -0.2) is 29.1 Å². The van der Waals surface area contributed by atoms with E-state index in [1.807, 2.05) is 0 Å². The summed E-state index contributed by atoms with van der Waals surface area (Å²) in [4.78, 5) is 10.1. The van der Waals surface area contributed by atoms with Crippen molar-refractivity contribution in [2.45, 2.75) is 6.92 Å². The number of nitro groups is 1. The first-order valence-corrected chi connectivity index (χ1v) is 6.89. The molecule has 0 bridgehead atoms. The van der Waals surface area contributed by atoms with Gasteiger partial charge in [-0.15, -0.1) is 0 Å². The summed E-state index contributed by atoms with van der Waals surface area (Å²) in [5.74, 6) is 1.22. The van der Waals surface area contributed by atoms with Crippen LogP contribution in [0.5, 0.6) is 11.5 Å². The summed E-state index contributed by atoms with van der Waals surface area (Å²) in [6.07, 6.45) is 0. The van der Waals surface area contributed by atoms with Gasteiger partial charge >= 0.3 is 0 Å². The SMILES string of the molecule is CC(=NO)c1ccc(OCCOc2ccc([N+](=O)[O-])cc2)cc1. The molecule has 0 amide bonds. The Bertz CT molecular complexity index is 681. The van der Waals surface area contributed by atoms with Crippen LogP contribution in [0.4, 0.5) is 5.69 Å². The highest BCUT2D eigenvalue weighted by Crippen LogP contribution is 2.17. The second kappa shape index (κ2) is 7.79. The lowest BCUT2D eigenvalue weighted by Crippen LogP contribution is -2.09. The van der Waals surface area contributed by atoms with E-state index in [0.29, 0.717) is 30.4 Å². The molecule has 0 fully saturated rings. The molecule has 0 aliphatic carbocycles. The van der Waals surface area contributed by atoms with Crippen LogP contribution < -0.4 is 9.47 Å². The number of rotatable bonds is 7. The van der Waals surface area contributed by atoms with Gasteiger partial charge in [-0.05, 0) is 48.9 Å². The van der Waals surface area contributed by atoms with E-state index in [1.54, 1.807) is 43.3 Å². The number of non-ortho nitro benzene ring substituents is 1. The zero-order chi connectivity index (χ0) is 16.7. The Morgan fingerprint density at radius 2 is 1.52 bits per heavy atom. The Kier molecular flexibility index (Phi) is 5.51. The number of hydrogen-bond donors (Lipinski definition) is 1. The van der Waals surface area contributed by atoms with E-state index < -0.39 is 4.92 Å². The zero-order valence-corrected chi connectivity index (χ0v) is 12.5. The van der Waals surface area contributed by atoms with Crippen molar-refractivity contribution < 1.29 is 19.6 Å². The van der Waals surface area contributed by atoms with Gasteiger partial charge in [0.15, 0.2) is 0 Å². The average Bonchev–Trinajstić information content (AvgIpc) is 2.59. The molecule has 0 aliphatic heterocycles. The lowest BCUT2D eigenvalue weighted by atomic mass is 10.1. The van der Waals surface area contributed by atoms with Crippen LogP contribution in [-0.2, 0) is 0 Å². The summed E-state index contributed by atoms with van der Waals surface area (Å²) in [5.41, 5.74) is 1.36. The molecule has 7 nitrogen and oxygen atoms in total. The molecular weight excluding hydrogens is 300 g/mol. The molecule has 0 saturated heterocycles. The summed E-state index contributed by atoms with van der Waals surface area (Å²) < 4.78 is 11.0. The molecule has 0 atom stereocenters. The fourth-order valence-electron chi connectivity index (χ4n) is 1.83. The lowest BCUT2D eigenvalue weighted by molar-refractivity contribution is -0.384. The average molecular weight is 316 g/mol. The van der Waals surface area contributed by atoms with Crippen LogP contribution in [0.2, 0.25) is 0 Å². The minimum atomic E-state index is -0.459. The third kappa shape index (κ3) is 4.70. The topological polar surface area (TPSA) is 94.2 Å². The minimum Gasteiger partial charge on any atom is -0.490 e. The van der Waals surface area contributed by atoms with Crippen LogP contribution in [0, 0.1) is 10.1 Å². The van der Waals surface area contributed by atoms with E-state index >= 15 is 0 Å². The second-order valence-corrected chi connectivity index (χ2v) is 4.66. The number of nitrogens with zero attached hydrogens (tertiary/aromatic N) is 2. The summed E-state index contributed by atoms with van der Waals surface area (Å²) in [6.45, 7) is 2.36. The van der Waals surface area contributed by atoms with Crippen molar-refractivity contribution in [1.29, 1.82) is 0 Å². The van der Waals surface area contributed by atoms with Gasteiger partial charge in [-0.1, -0.05) is 5.16 Å². The van der Waals surface area contributed by atoms with Crippen LogP contribution in [0.3, 0.4) is 0 Å². The van der Waals surface area contributed by atoms with Gasteiger partial charge in [0.25, 0.3) is 5.69 Å². The van der Waals surface area contributed by atoms with Gasteiger partial charge < -0.3 is 14.7 Å². The standard InChI is InChI=1S/C16H16N2O5/c1-12(17-19)13-2-6-15(7-3-13)22-10-11-23-16-8-4-14(5-9-16)18(20)21/h2-9,19H,10-11H2,1H3. The minimum absolute atomic E-state index is 0.0235. The van der Waals surface area contributed by atoms with Gasteiger partial charge in [0.2, 0.25) is 0 Å². The van der Waals surface area contributed by atoms with Crippen molar-refractivity contribution in [3.8, 4) is 11.5 Å². The fourth-order valence-corrected chi connectivity index (χ4v) is 1.83. The highest BCUT2D eigenvalue weighted by molar-refractivity contribution is 5.98. The Morgan fingerprint density at radius 1 is 1.04 bits per heavy atom. The Morgan fingerprint density at radius 3 is 1.96 bits per heavy atom. The monoisotopic (exact) mass is 316 g/mol. The predicted molar refractivity (Wildman–Crippen MR) is 84.5 cm³/mol. The molecule has 0 spiro atoms. The summed E-state index contributed by atoms with van der Waals surface area (Å²) >= 11 is 0. The number of ether oxygens (including phenoxy) is 2. The van der Waals surface area contributed by atoms with Crippen molar-refractivity contribution in [3.63, 3.8) is 0 Å². The second-order valence-electron chi connectivity index (χ2n) is 4.66. The first-order chi connectivity index (χ1) is 11.1. The molecule has 0 saturated carbocycles. The van der Waals surface area contributed by atoms with Crippen LogP contribution >= 0.6 is 0 Å². The molecule has 2 aromatic rings. The molecule has 23 heavy (non-hydrogen) atoms. The Balaban J connectivity index is 1.78. The van der Waals surface area contributed by atoms with E-state index in [-0.39, 0.29) is 5.69 Å². The normalized spacial score (nSPS) is 11.1. The zero-order valence-electron chi connectivity index (χ0n) is 12.5. The van der Waals surface area contributed by atoms with Gasteiger partial charge in [0.1, 0.15) is 24.7 Å².